The molecule has 0 aromatic carbocycles. The van der Waals surface area contributed by atoms with Gasteiger partial charge in [0.25, 0.3) is 0 Å². The summed E-state index contributed by atoms with van der Waals surface area (Å²) < 4.78 is 0. The average Bonchev–Trinajstić information content (AvgIpc) is 2.37. The lowest BCUT2D eigenvalue weighted by molar-refractivity contribution is -0.124. The van der Waals surface area contributed by atoms with Crippen molar-refractivity contribution in [3.8, 4) is 0 Å². The molecule has 1 saturated heterocycles. The lowest BCUT2D eigenvalue weighted by atomic mass is 10.0. The second-order valence-corrected chi connectivity index (χ2v) is 4.39. The summed E-state index contributed by atoms with van der Waals surface area (Å²) in [5, 5.41) is 8.76. The lowest BCUT2D eigenvalue weighted by Crippen LogP contribution is -2.47. The molecule has 3 N–H and O–H groups in total. The van der Waals surface area contributed by atoms with E-state index in [0.29, 0.717) is 19.5 Å². The van der Waals surface area contributed by atoms with E-state index in [1.165, 1.54) is 0 Å². The molecular weight excluding hydrogens is 254 g/mol. The Hall–Kier alpha value is -0.810. The molecule has 0 bridgehead atoms. The molecule has 1 aliphatic heterocycles. The van der Waals surface area contributed by atoms with E-state index in [1.54, 1.807) is 0 Å². The van der Waals surface area contributed by atoms with Crippen molar-refractivity contribution >= 4 is 24.2 Å². The van der Waals surface area contributed by atoms with Crippen molar-refractivity contribution in [3.05, 3.63) is 0 Å². The first kappa shape index (κ1) is 17.2. The van der Waals surface area contributed by atoms with Crippen molar-refractivity contribution in [1.82, 2.24) is 16.0 Å². The van der Waals surface area contributed by atoms with Crippen molar-refractivity contribution in [2.75, 3.05) is 19.6 Å². The molecule has 1 rings (SSSR count). The van der Waals surface area contributed by atoms with Crippen LogP contribution in [0.15, 0.2) is 0 Å². The zero-order valence-corrected chi connectivity index (χ0v) is 11.8. The minimum Gasteiger partial charge on any atom is -0.356 e. The Balaban J connectivity index is 0.00000289. The Morgan fingerprint density at radius 3 is 2.61 bits per heavy atom. The fourth-order valence-electron chi connectivity index (χ4n) is 1.85. The summed E-state index contributed by atoms with van der Waals surface area (Å²) >= 11 is 0. The Morgan fingerprint density at radius 1 is 1.22 bits per heavy atom. The third kappa shape index (κ3) is 6.81. The molecule has 1 atom stereocenters. The smallest absolute Gasteiger partial charge is 0.237 e. The highest BCUT2D eigenvalue weighted by Crippen LogP contribution is 2.06. The number of amides is 2. The Labute approximate surface area is 115 Å². The van der Waals surface area contributed by atoms with E-state index in [2.05, 4.69) is 16.0 Å². The van der Waals surface area contributed by atoms with Crippen LogP contribution in [-0.2, 0) is 9.59 Å². The molecular formula is C12H24ClN3O2. The molecule has 2 amide bonds. The molecule has 0 aromatic rings. The maximum Gasteiger partial charge on any atom is 0.237 e. The van der Waals surface area contributed by atoms with Crippen LogP contribution in [0.1, 0.15) is 39.0 Å². The number of piperidine rings is 1. The highest BCUT2D eigenvalue weighted by atomic mass is 35.5. The summed E-state index contributed by atoms with van der Waals surface area (Å²) in [5.74, 6) is 0.0248. The van der Waals surface area contributed by atoms with Crippen LogP contribution in [0.4, 0.5) is 0 Å². The number of hydrogen-bond donors (Lipinski definition) is 3. The Bertz CT molecular complexity index is 256. The van der Waals surface area contributed by atoms with E-state index in [0.717, 1.165) is 32.2 Å². The minimum absolute atomic E-state index is 0. The molecule has 0 saturated carbocycles. The minimum atomic E-state index is -0.0672. The Kier molecular flexibility index (Phi) is 9.69. The van der Waals surface area contributed by atoms with Crippen LogP contribution in [-0.4, -0.2) is 37.5 Å². The first-order valence-electron chi connectivity index (χ1n) is 6.52. The quantitative estimate of drug-likeness (QED) is 0.665. The molecule has 18 heavy (non-hydrogen) atoms. The molecule has 0 radical (unpaired) electrons. The molecule has 6 heteroatoms. The molecule has 1 fully saturated rings. The van der Waals surface area contributed by atoms with Crippen LogP contribution in [0, 0.1) is 0 Å². The largest absolute Gasteiger partial charge is 0.356 e. The van der Waals surface area contributed by atoms with Gasteiger partial charge in [0.2, 0.25) is 11.8 Å². The van der Waals surface area contributed by atoms with E-state index >= 15 is 0 Å². The van der Waals surface area contributed by atoms with E-state index in [-0.39, 0.29) is 30.3 Å². The second-order valence-electron chi connectivity index (χ2n) is 4.39. The fraction of sp³-hybridized carbons (Fsp3) is 0.833. The summed E-state index contributed by atoms with van der Waals surface area (Å²) in [5.41, 5.74) is 0. The topological polar surface area (TPSA) is 70.2 Å². The van der Waals surface area contributed by atoms with Crippen molar-refractivity contribution in [2.45, 2.75) is 45.1 Å². The number of rotatable bonds is 6. The summed E-state index contributed by atoms with van der Waals surface area (Å²) in [6.45, 7) is 4.05. The van der Waals surface area contributed by atoms with Gasteiger partial charge in [0.05, 0.1) is 6.04 Å². The van der Waals surface area contributed by atoms with Crippen LogP contribution >= 0.6 is 12.4 Å². The van der Waals surface area contributed by atoms with Crippen LogP contribution in [0.25, 0.3) is 0 Å². The third-order valence-corrected chi connectivity index (χ3v) is 2.85. The van der Waals surface area contributed by atoms with Crippen molar-refractivity contribution in [3.63, 3.8) is 0 Å². The van der Waals surface area contributed by atoms with Gasteiger partial charge in [-0.2, -0.15) is 0 Å². The predicted octanol–water partition coefficient (Wildman–Crippen LogP) is 0.583. The van der Waals surface area contributed by atoms with Gasteiger partial charge in [0, 0.05) is 19.5 Å². The van der Waals surface area contributed by atoms with Gasteiger partial charge in [-0.3, -0.25) is 9.59 Å². The normalized spacial score (nSPS) is 18.6. The molecule has 1 aliphatic rings. The van der Waals surface area contributed by atoms with Crippen molar-refractivity contribution < 1.29 is 9.59 Å². The number of hydrogen-bond acceptors (Lipinski definition) is 3. The standard InChI is InChI=1S/C12H23N3O2.ClH/c1-2-7-14-11(16)6-9-15-12(17)10-5-3-4-8-13-10;/h10,13H,2-9H2,1H3,(H,14,16)(H,15,17);1H. The van der Waals surface area contributed by atoms with E-state index in [9.17, 15) is 9.59 Å². The monoisotopic (exact) mass is 277 g/mol. The van der Waals surface area contributed by atoms with Crippen LogP contribution in [0.2, 0.25) is 0 Å². The predicted molar refractivity (Wildman–Crippen MR) is 73.8 cm³/mol. The van der Waals surface area contributed by atoms with Crippen LogP contribution in [0.3, 0.4) is 0 Å². The molecule has 0 aromatic heterocycles. The third-order valence-electron chi connectivity index (χ3n) is 2.85. The first-order chi connectivity index (χ1) is 8.24. The highest BCUT2D eigenvalue weighted by molar-refractivity contribution is 5.85. The van der Waals surface area contributed by atoms with Gasteiger partial charge < -0.3 is 16.0 Å². The fourth-order valence-corrected chi connectivity index (χ4v) is 1.85. The van der Waals surface area contributed by atoms with E-state index in [4.69, 9.17) is 0 Å². The number of nitrogens with one attached hydrogen (secondary N) is 3. The molecule has 106 valence electrons. The van der Waals surface area contributed by atoms with Crippen LogP contribution < -0.4 is 16.0 Å². The Morgan fingerprint density at radius 2 is 2.00 bits per heavy atom. The zero-order valence-electron chi connectivity index (χ0n) is 11.0. The summed E-state index contributed by atoms with van der Waals surface area (Å²) in [4.78, 5) is 23.0. The van der Waals surface area contributed by atoms with Gasteiger partial charge in [-0.15, -0.1) is 12.4 Å². The zero-order chi connectivity index (χ0) is 12.5. The number of carbonyl (C=O) groups is 2. The molecule has 0 aliphatic carbocycles. The summed E-state index contributed by atoms with van der Waals surface area (Å²) in [6.07, 6.45) is 4.43. The number of carbonyl (C=O) groups excluding carboxylic acids is 2. The van der Waals surface area contributed by atoms with Gasteiger partial charge in [0.15, 0.2) is 0 Å². The highest BCUT2D eigenvalue weighted by Gasteiger charge is 2.19. The van der Waals surface area contributed by atoms with Crippen molar-refractivity contribution in [2.24, 2.45) is 0 Å². The number of halogens is 1. The maximum absolute atomic E-state index is 11.7. The van der Waals surface area contributed by atoms with E-state index in [1.807, 2.05) is 6.92 Å². The SMILES string of the molecule is CCCNC(=O)CCNC(=O)C1CCCCN1.Cl. The van der Waals surface area contributed by atoms with Crippen LogP contribution in [0.5, 0.6) is 0 Å². The maximum atomic E-state index is 11.7. The lowest BCUT2D eigenvalue weighted by Gasteiger charge is -2.22. The molecule has 0 spiro atoms. The summed E-state index contributed by atoms with van der Waals surface area (Å²) in [7, 11) is 0. The first-order valence-corrected chi connectivity index (χ1v) is 6.52. The second kappa shape index (κ2) is 10.1. The van der Waals surface area contributed by atoms with Gasteiger partial charge >= 0.3 is 0 Å². The van der Waals surface area contributed by atoms with Gasteiger partial charge in [-0.25, -0.2) is 0 Å². The summed E-state index contributed by atoms with van der Waals surface area (Å²) in [6, 6.07) is -0.0672. The van der Waals surface area contributed by atoms with Gasteiger partial charge in [-0.05, 0) is 25.8 Å². The van der Waals surface area contributed by atoms with Gasteiger partial charge in [-0.1, -0.05) is 13.3 Å². The molecule has 1 unspecified atom stereocenters. The molecule has 1 heterocycles. The average molecular weight is 278 g/mol. The molecule has 5 nitrogen and oxygen atoms in total. The van der Waals surface area contributed by atoms with E-state index < -0.39 is 0 Å². The van der Waals surface area contributed by atoms with Gasteiger partial charge in [0.1, 0.15) is 0 Å². The van der Waals surface area contributed by atoms with Crippen molar-refractivity contribution in [1.29, 1.82) is 0 Å².